The zero-order valence-electron chi connectivity index (χ0n) is 17.0. The topological polar surface area (TPSA) is 113 Å². The summed E-state index contributed by atoms with van der Waals surface area (Å²) in [6.45, 7) is 1.28. The van der Waals surface area contributed by atoms with Gasteiger partial charge in [0.05, 0.1) is 21.7 Å². The van der Waals surface area contributed by atoms with Gasteiger partial charge in [0.15, 0.2) is 0 Å². The second-order valence-corrected chi connectivity index (χ2v) is 8.92. The quantitative estimate of drug-likeness (QED) is 0.562. The lowest BCUT2D eigenvalue weighted by atomic mass is 10.1. The van der Waals surface area contributed by atoms with Crippen molar-refractivity contribution in [2.45, 2.75) is 11.8 Å². The van der Waals surface area contributed by atoms with Crippen molar-refractivity contribution in [3.05, 3.63) is 89.5 Å². The molecule has 0 spiro atoms. The van der Waals surface area contributed by atoms with Crippen molar-refractivity contribution in [1.82, 2.24) is 4.90 Å². The minimum atomic E-state index is -3.81. The molecule has 0 unspecified atom stereocenters. The summed E-state index contributed by atoms with van der Waals surface area (Å²) in [7, 11) is -3.81. The highest BCUT2D eigenvalue weighted by molar-refractivity contribution is 7.92. The number of nitrogens with zero attached hydrogens (tertiary/aromatic N) is 1. The summed E-state index contributed by atoms with van der Waals surface area (Å²) < 4.78 is 27.8. The molecule has 0 atom stereocenters. The van der Waals surface area contributed by atoms with Crippen molar-refractivity contribution < 1.29 is 22.8 Å². The number of hydrogen-bond donors (Lipinski definition) is 2. The molecule has 3 aromatic rings. The third-order valence-electron chi connectivity index (χ3n) is 5.00. The van der Waals surface area contributed by atoms with Crippen molar-refractivity contribution >= 4 is 39.1 Å². The fourth-order valence-corrected chi connectivity index (χ4v) is 4.48. The second-order valence-electron chi connectivity index (χ2n) is 7.24. The number of aryl methyl sites for hydroxylation is 1. The predicted octanol–water partition coefficient (Wildman–Crippen LogP) is 3.03. The number of carbonyl (C=O) groups is 3. The first-order valence-corrected chi connectivity index (χ1v) is 11.2. The maximum absolute atomic E-state index is 12.6. The molecule has 0 bridgehead atoms. The lowest BCUT2D eigenvalue weighted by Crippen LogP contribution is -2.37. The van der Waals surface area contributed by atoms with Gasteiger partial charge in [0.1, 0.15) is 6.54 Å². The molecular formula is C23H19N3O5S. The molecule has 0 aliphatic carbocycles. The Hall–Kier alpha value is -3.98. The molecule has 0 fully saturated rings. The van der Waals surface area contributed by atoms with Crippen LogP contribution in [0.15, 0.2) is 77.7 Å². The Labute approximate surface area is 184 Å². The molecule has 3 aromatic carbocycles. The lowest BCUT2D eigenvalue weighted by Gasteiger charge is -2.15. The molecule has 1 heterocycles. The number of rotatable bonds is 6. The molecule has 4 rings (SSSR count). The molecular weight excluding hydrogens is 430 g/mol. The van der Waals surface area contributed by atoms with E-state index in [1.54, 1.807) is 61.5 Å². The number of benzene rings is 3. The zero-order valence-corrected chi connectivity index (χ0v) is 17.8. The van der Waals surface area contributed by atoms with E-state index in [0.29, 0.717) is 16.9 Å². The number of carbonyl (C=O) groups excluding carboxylic acids is 3. The predicted molar refractivity (Wildman–Crippen MR) is 119 cm³/mol. The van der Waals surface area contributed by atoms with Crippen LogP contribution < -0.4 is 10.0 Å². The summed E-state index contributed by atoms with van der Waals surface area (Å²) in [6.07, 6.45) is 0. The number of sulfonamides is 1. The second kappa shape index (κ2) is 8.27. The summed E-state index contributed by atoms with van der Waals surface area (Å²) in [5.41, 5.74) is 1.80. The van der Waals surface area contributed by atoms with Crippen LogP contribution in [0.2, 0.25) is 0 Å². The molecule has 3 amide bonds. The van der Waals surface area contributed by atoms with Crippen LogP contribution in [-0.2, 0) is 14.8 Å². The first-order valence-electron chi connectivity index (χ1n) is 9.70. The molecule has 2 N–H and O–H groups in total. The Balaban J connectivity index is 1.48. The highest BCUT2D eigenvalue weighted by Crippen LogP contribution is 2.25. The third-order valence-corrected chi connectivity index (χ3v) is 6.38. The van der Waals surface area contributed by atoms with Gasteiger partial charge >= 0.3 is 0 Å². The van der Waals surface area contributed by atoms with Crippen LogP contribution in [0, 0.1) is 6.92 Å². The van der Waals surface area contributed by atoms with Crippen LogP contribution in [0.3, 0.4) is 0 Å². The summed E-state index contributed by atoms with van der Waals surface area (Å²) in [5.74, 6) is -1.64. The number of anilines is 2. The van der Waals surface area contributed by atoms with Crippen LogP contribution in [0.1, 0.15) is 26.3 Å². The van der Waals surface area contributed by atoms with E-state index in [0.717, 1.165) is 4.90 Å². The minimum Gasteiger partial charge on any atom is -0.324 e. The van der Waals surface area contributed by atoms with E-state index in [2.05, 4.69) is 10.0 Å². The maximum atomic E-state index is 12.6. The highest BCUT2D eigenvalue weighted by Gasteiger charge is 2.36. The van der Waals surface area contributed by atoms with Gasteiger partial charge in [-0.1, -0.05) is 36.4 Å². The van der Waals surface area contributed by atoms with Gasteiger partial charge in [-0.2, -0.15) is 0 Å². The first kappa shape index (κ1) is 21.3. The molecule has 1 aliphatic rings. The van der Waals surface area contributed by atoms with E-state index in [-0.39, 0.29) is 16.0 Å². The van der Waals surface area contributed by atoms with Gasteiger partial charge in [0.25, 0.3) is 21.8 Å². The fraction of sp³-hybridized carbons (Fsp3) is 0.0870. The maximum Gasteiger partial charge on any atom is 0.262 e. The van der Waals surface area contributed by atoms with Gasteiger partial charge in [-0.15, -0.1) is 0 Å². The Morgan fingerprint density at radius 1 is 0.875 bits per heavy atom. The standard InChI is InChI=1S/C23H19N3O5S/c1-15-11-12-16(13-20(15)25-32(30,31)17-7-3-2-4-8-17)24-21(27)14-26-22(28)18-9-5-6-10-19(18)23(26)29/h2-13,25H,14H2,1H3,(H,24,27). The number of hydrogen-bond acceptors (Lipinski definition) is 5. The monoisotopic (exact) mass is 449 g/mol. The van der Waals surface area contributed by atoms with Crippen LogP contribution in [0.4, 0.5) is 11.4 Å². The largest absolute Gasteiger partial charge is 0.324 e. The van der Waals surface area contributed by atoms with Crippen molar-refractivity contribution in [3.63, 3.8) is 0 Å². The Morgan fingerprint density at radius 3 is 2.09 bits per heavy atom. The van der Waals surface area contributed by atoms with Crippen molar-refractivity contribution in [2.24, 2.45) is 0 Å². The van der Waals surface area contributed by atoms with E-state index in [9.17, 15) is 22.8 Å². The molecule has 8 nitrogen and oxygen atoms in total. The average Bonchev–Trinajstić information content (AvgIpc) is 3.01. The number of nitrogens with one attached hydrogen (secondary N) is 2. The summed E-state index contributed by atoms with van der Waals surface area (Å²) >= 11 is 0. The van der Waals surface area contributed by atoms with E-state index in [4.69, 9.17) is 0 Å². The third kappa shape index (κ3) is 4.10. The number of fused-ring (bicyclic) bond motifs is 1. The lowest BCUT2D eigenvalue weighted by molar-refractivity contribution is -0.116. The van der Waals surface area contributed by atoms with Gasteiger partial charge in [-0.3, -0.25) is 24.0 Å². The normalized spacial score (nSPS) is 13.1. The SMILES string of the molecule is Cc1ccc(NC(=O)CN2C(=O)c3ccccc3C2=O)cc1NS(=O)(=O)c1ccccc1. The number of amides is 3. The van der Waals surface area contributed by atoms with Gasteiger partial charge in [-0.25, -0.2) is 8.42 Å². The van der Waals surface area contributed by atoms with Crippen molar-refractivity contribution in [1.29, 1.82) is 0 Å². The smallest absolute Gasteiger partial charge is 0.262 e. The average molecular weight is 449 g/mol. The van der Waals surface area contributed by atoms with Gasteiger partial charge in [-0.05, 0) is 48.9 Å². The molecule has 0 radical (unpaired) electrons. The molecule has 162 valence electrons. The molecule has 1 aliphatic heterocycles. The van der Waals surface area contributed by atoms with Gasteiger partial charge in [0, 0.05) is 5.69 Å². The Kier molecular flexibility index (Phi) is 5.50. The molecule has 0 saturated heterocycles. The van der Waals surface area contributed by atoms with E-state index in [1.807, 2.05) is 0 Å². The van der Waals surface area contributed by atoms with Crippen molar-refractivity contribution in [2.75, 3.05) is 16.6 Å². The summed E-state index contributed by atoms with van der Waals surface area (Å²) in [4.78, 5) is 38.4. The molecule has 9 heteroatoms. The van der Waals surface area contributed by atoms with E-state index >= 15 is 0 Å². The molecule has 0 saturated carbocycles. The van der Waals surface area contributed by atoms with Crippen molar-refractivity contribution in [3.8, 4) is 0 Å². The van der Waals surface area contributed by atoms with Crippen LogP contribution in [0.5, 0.6) is 0 Å². The highest BCUT2D eigenvalue weighted by atomic mass is 32.2. The summed E-state index contributed by atoms with van der Waals surface area (Å²) in [6, 6.07) is 19.0. The van der Waals surface area contributed by atoms with Crippen LogP contribution >= 0.6 is 0 Å². The Morgan fingerprint density at radius 2 is 1.47 bits per heavy atom. The van der Waals surface area contributed by atoms with Gasteiger partial charge in [0.2, 0.25) is 5.91 Å². The molecule has 0 aromatic heterocycles. The minimum absolute atomic E-state index is 0.111. The summed E-state index contributed by atoms with van der Waals surface area (Å²) in [5, 5.41) is 2.61. The van der Waals surface area contributed by atoms with E-state index < -0.39 is 34.3 Å². The van der Waals surface area contributed by atoms with Gasteiger partial charge < -0.3 is 5.32 Å². The van der Waals surface area contributed by atoms with E-state index in [1.165, 1.54) is 18.2 Å². The first-order chi connectivity index (χ1) is 15.3. The fourth-order valence-electron chi connectivity index (χ4n) is 3.34. The van der Waals surface area contributed by atoms with Crippen LogP contribution in [0.25, 0.3) is 0 Å². The Bertz CT molecular complexity index is 1300. The van der Waals surface area contributed by atoms with Crippen LogP contribution in [-0.4, -0.2) is 37.6 Å². The zero-order chi connectivity index (χ0) is 22.9. The number of imide groups is 1. The molecule has 32 heavy (non-hydrogen) atoms.